The molecule has 1 aliphatic heterocycles. The zero-order valence-corrected chi connectivity index (χ0v) is 12.0. The highest BCUT2D eigenvalue weighted by Crippen LogP contribution is 2.14. The van der Waals surface area contributed by atoms with Crippen molar-refractivity contribution in [3.8, 4) is 0 Å². The number of carbonyl (C=O) groups excluding carboxylic acids is 1. The van der Waals surface area contributed by atoms with Crippen LogP contribution in [0.25, 0.3) is 0 Å². The lowest BCUT2D eigenvalue weighted by Gasteiger charge is -2.10. The summed E-state index contributed by atoms with van der Waals surface area (Å²) in [6.07, 6.45) is 6.10. The second kappa shape index (κ2) is 7.85. The fourth-order valence-corrected chi connectivity index (χ4v) is 2.21. The number of aromatic nitrogens is 1. The SMILES string of the molecule is CCCNc1ccc(C(=O)NCCC2CCCO2)cn1. The molecule has 1 unspecified atom stereocenters. The molecule has 110 valence electrons. The molecule has 0 spiro atoms. The van der Waals surface area contributed by atoms with Crippen LogP contribution in [0.5, 0.6) is 0 Å². The first-order valence-corrected chi connectivity index (χ1v) is 7.39. The van der Waals surface area contributed by atoms with Crippen LogP contribution < -0.4 is 10.6 Å². The van der Waals surface area contributed by atoms with Crippen molar-refractivity contribution in [2.75, 3.05) is 25.0 Å². The molecule has 0 radical (unpaired) electrons. The van der Waals surface area contributed by atoms with E-state index < -0.39 is 0 Å². The van der Waals surface area contributed by atoms with Crippen molar-refractivity contribution >= 4 is 11.7 Å². The zero-order chi connectivity index (χ0) is 14.2. The molecular formula is C15H23N3O2. The van der Waals surface area contributed by atoms with Gasteiger partial charge in [0.25, 0.3) is 5.91 Å². The lowest BCUT2D eigenvalue weighted by molar-refractivity contribution is 0.0907. The second-order valence-corrected chi connectivity index (χ2v) is 5.04. The predicted molar refractivity (Wildman–Crippen MR) is 78.9 cm³/mol. The minimum Gasteiger partial charge on any atom is -0.378 e. The van der Waals surface area contributed by atoms with Gasteiger partial charge in [-0.15, -0.1) is 0 Å². The van der Waals surface area contributed by atoms with E-state index in [0.717, 1.165) is 44.7 Å². The van der Waals surface area contributed by atoms with Crippen molar-refractivity contribution in [3.05, 3.63) is 23.9 Å². The highest BCUT2D eigenvalue weighted by molar-refractivity contribution is 5.94. The van der Waals surface area contributed by atoms with Crippen molar-refractivity contribution in [2.24, 2.45) is 0 Å². The quantitative estimate of drug-likeness (QED) is 0.802. The van der Waals surface area contributed by atoms with E-state index in [1.807, 2.05) is 6.07 Å². The number of nitrogens with one attached hydrogen (secondary N) is 2. The normalized spacial score (nSPS) is 17.9. The van der Waals surface area contributed by atoms with Gasteiger partial charge in [0.15, 0.2) is 0 Å². The first kappa shape index (κ1) is 14.8. The van der Waals surface area contributed by atoms with Gasteiger partial charge in [-0.05, 0) is 37.8 Å². The third-order valence-electron chi connectivity index (χ3n) is 3.36. The Labute approximate surface area is 120 Å². The van der Waals surface area contributed by atoms with Gasteiger partial charge in [0.1, 0.15) is 5.82 Å². The molecule has 1 aromatic heterocycles. The highest BCUT2D eigenvalue weighted by atomic mass is 16.5. The minimum absolute atomic E-state index is 0.0717. The number of hydrogen-bond donors (Lipinski definition) is 2. The van der Waals surface area contributed by atoms with Gasteiger partial charge in [-0.2, -0.15) is 0 Å². The number of ether oxygens (including phenoxy) is 1. The summed E-state index contributed by atoms with van der Waals surface area (Å²) < 4.78 is 5.52. The van der Waals surface area contributed by atoms with Crippen molar-refractivity contribution in [1.82, 2.24) is 10.3 Å². The molecule has 1 aliphatic rings. The average molecular weight is 277 g/mol. The van der Waals surface area contributed by atoms with E-state index in [1.54, 1.807) is 12.3 Å². The molecule has 0 aromatic carbocycles. The summed E-state index contributed by atoms with van der Waals surface area (Å²) in [7, 11) is 0. The van der Waals surface area contributed by atoms with Crippen LogP contribution in [0, 0.1) is 0 Å². The van der Waals surface area contributed by atoms with Crippen LogP contribution >= 0.6 is 0 Å². The number of hydrogen-bond acceptors (Lipinski definition) is 4. The summed E-state index contributed by atoms with van der Waals surface area (Å²) >= 11 is 0. The van der Waals surface area contributed by atoms with Crippen LogP contribution in [0.3, 0.4) is 0 Å². The number of carbonyl (C=O) groups is 1. The molecule has 2 heterocycles. The summed E-state index contributed by atoms with van der Waals surface area (Å²) in [5.41, 5.74) is 0.597. The molecule has 0 aliphatic carbocycles. The molecular weight excluding hydrogens is 254 g/mol. The third-order valence-corrected chi connectivity index (χ3v) is 3.36. The fourth-order valence-electron chi connectivity index (χ4n) is 2.21. The Morgan fingerprint density at radius 1 is 1.45 bits per heavy atom. The van der Waals surface area contributed by atoms with Crippen LogP contribution in [0.1, 0.15) is 43.0 Å². The van der Waals surface area contributed by atoms with E-state index in [4.69, 9.17) is 4.74 Å². The first-order chi connectivity index (χ1) is 9.79. The molecule has 1 atom stereocenters. The van der Waals surface area contributed by atoms with Gasteiger partial charge >= 0.3 is 0 Å². The van der Waals surface area contributed by atoms with Crippen LogP contribution in [0.4, 0.5) is 5.82 Å². The topological polar surface area (TPSA) is 63.2 Å². The summed E-state index contributed by atoms with van der Waals surface area (Å²) in [6.45, 7) is 4.50. The molecule has 5 nitrogen and oxygen atoms in total. The Bertz CT molecular complexity index is 414. The smallest absolute Gasteiger partial charge is 0.252 e. The van der Waals surface area contributed by atoms with Crippen molar-refractivity contribution in [3.63, 3.8) is 0 Å². The second-order valence-electron chi connectivity index (χ2n) is 5.04. The Hall–Kier alpha value is -1.62. The largest absolute Gasteiger partial charge is 0.378 e. The van der Waals surface area contributed by atoms with Gasteiger partial charge in [-0.1, -0.05) is 6.92 Å². The molecule has 1 aromatic rings. The molecule has 1 fully saturated rings. The molecule has 0 saturated carbocycles. The molecule has 5 heteroatoms. The van der Waals surface area contributed by atoms with Gasteiger partial charge in [0.05, 0.1) is 11.7 Å². The molecule has 2 rings (SSSR count). The number of anilines is 1. The Morgan fingerprint density at radius 3 is 3.00 bits per heavy atom. The first-order valence-electron chi connectivity index (χ1n) is 7.39. The van der Waals surface area contributed by atoms with Crippen molar-refractivity contribution in [1.29, 1.82) is 0 Å². The van der Waals surface area contributed by atoms with Gasteiger partial charge in [0.2, 0.25) is 0 Å². The maximum absolute atomic E-state index is 11.9. The standard InChI is InChI=1S/C15H23N3O2/c1-2-8-16-14-6-5-12(11-18-14)15(19)17-9-7-13-4-3-10-20-13/h5-6,11,13H,2-4,7-10H2,1H3,(H,16,18)(H,17,19). The maximum atomic E-state index is 11.9. The van der Waals surface area contributed by atoms with Crippen LogP contribution in [-0.4, -0.2) is 36.7 Å². The van der Waals surface area contributed by atoms with E-state index >= 15 is 0 Å². The lowest BCUT2D eigenvalue weighted by atomic mass is 10.2. The number of pyridine rings is 1. The minimum atomic E-state index is -0.0717. The molecule has 1 saturated heterocycles. The van der Waals surface area contributed by atoms with Crippen LogP contribution in [0.15, 0.2) is 18.3 Å². The summed E-state index contributed by atoms with van der Waals surface area (Å²) in [4.78, 5) is 16.2. The van der Waals surface area contributed by atoms with Crippen molar-refractivity contribution in [2.45, 2.75) is 38.7 Å². The Balaban J connectivity index is 1.73. The van der Waals surface area contributed by atoms with Crippen molar-refractivity contribution < 1.29 is 9.53 Å². The van der Waals surface area contributed by atoms with E-state index in [0.29, 0.717) is 18.2 Å². The van der Waals surface area contributed by atoms with E-state index in [9.17, 15) is 4.79 Å². The fraction of sp³-hybridized carbons (Fsp3) is 0.600. The predicted octanol–water partition coefficient (Wildman–Crippen LogP) is 2.20. The maximum Gasteiger partial charge on any atom is 0.252 e. The highest BCUT2D eigenvalue weighted by Gasteiger charge is 2.15. The van der Waals surface area contributed by atoms with E-state index in [-0.39, 0.29) is 5.91 Å². The molecule has 0 bridgehead atoms. The van der Waals surface area contributed by atoms with Crippen LogP contribution in [0.2, 0.25) is 0 Å². The van der Waals surface area contributed by atoms with Crippen LogP contribution in [-0.2, 0) is 4.74 Å². The molecule has 2 N–H and O–H groups in total. The molecule has 1 amide bonds. The monoisotopic (exact) mass is 277 g/mol. The lowest BCUT2D eigenvalue weighted by Crippen LogP contribution is -2.27. The van der Waals surface area contributed by atoms with E-state index in [2.05, 4.69) is 22.5 Å². The number of nitrogens with zero attached hydrogens (tertiary/aromatic N) is 1. The van der Waals surface area contributed by atoms with Gasteiger partial charge in [-0.25, -0.2) is 4.98 Å². The van der Waals surface area contributed by atoms with Gasteiger partial charge < -0.3 is 15.4 Å². The van der Waals surface area contributed by atoms with Gasteiger partial charge in [-0.3, -0.25) is 4.79 Å². The summed E-state index contributed by atoms with van der Waals surface area (Å²) in [6, 6.07) is 3.64. The number of rotatable bonds is 7. The van der Waals surface area contributed by atoms with Gasteiger partial charge in [0, 0.05) is 25.9 Å². The Kier molecular flexibility index (Phi) is 5.80. The van der Waals surface area contributed by atoms with E-state index in [1.165, 1.54) is 0 Å². The summed E-state index contributed by atoms with van der Waals surface area (Å²) in [5, 5.41) is 6.09. The Morgan fingerprint density at radius 2 is 2.35 bits per heavy atom. The number of amides is 1. The zero-order valence-electron chi connectivity index (χ0n) is 12.0. The average Bonchev–Trinajstić information content (AvgIpc) is 2.99. The summed E-state index contributed by atoms with van der Waals surface area (Å²) in [5.74, 6) is 0.736. The molecule has 20 heavy (non-hydrogen) atoms. The third kappa shape index (κ3) is 4.49.